The molecule has 0 aliphatic rings. The number of Topliss-reactive ketones (excluding diaryl/α,β-unsaturated/α-hetero) is 1. The van der Waals surface area contributed by atoms with Crippen molar-refractivity contribution < 1.29 is 14.3 Å². The minimum Gasteiger partial charge on any atom is -0.469 e. The predicted octanol–water partition coefficient (Wildman–Crippen LogP) is 2.31. The van der Waals surface area contributed by atoms with Gasteiger partial charge in [0.15, 0.2) is 0 Å². The van der Waals surface area contributed by atoms with Crippen LogP contribution in [0.4, 0.5) is 0 Å². The predicted molar refractivity (Wildman–Crippen MR) is 72.4 cm³/mol. The summed E-state index contributed by atoms with van der Waals surface area (Å²) in [4.78, 5) is 22.7. The van der Waals surface area contributed by atoms with Gasteiger partial charge < -0.3 is 10.1 Å². The summed E-state index contributed by atoms with van der Waals surface area (Å²) < 4.78 is 4.78. The number of carbonyl (C=O) groups excluding carboxylic acids is 2. The summed E-state index contributed by atoms with van der Waals surface area (Å²) >= 11 is 0. The van der Waals surface area contributed by atoms with Gasteiger partial charge in [0.1, 0.15) is 5.78 Å². The second kappa shape index (κ2) is 11.2. The first-order valence-corrected chi connectivity index (χ1v) is 6.95. The number of rotatable bonds is 11. The lowest BCUT2D eigenvalue weighted by atomic mass is 9.98. The molecule has 0 heterocycles. The molecule has 0 aromatic carbocycles. The summed E-state index contributed by atoms with van der Waals surface area (Å²) in [6, 6.07) is 0. The highest BCUT2D eigenvalue weighted by Gasteiger charge is 2.17. The zero-order chi connectivity index (χ0) is 13.8. The normalized spacial score (nSPS) is 12.2. The van der Waals surface area contributed by atoms with Gasteiger partial charge in [-0.2, -0.15) is 0 Å². The van der Waals surface area contributed by atoms with E-state index in [2.05, 4.69) is 12.2 Å². The van der Waals surface area contributed by atoms with Gasteiger partial charge in [-0.3, -0.25) is 9.59 Å². The van der Waals surface area contributed by atoms with E-state index in [1.165, 1.54) is 7.11 Å². The molecule has 1 N–H and O–H groups in total. The number of carbonyl (C=O) groups is 2. The third-order valence-corrected chi connectivity index (χ3v) is 2.93. The Morgan fingerprint density at radius 2 is 1.89 bits per heavy atom. The van der Waals surface area contributed by atoms with Crippen molar-refractivity contribution in [2.75, 3.05) is 20.2 Å². The summed E-state index contributed by atoms with van der Waals surface area (Å²) in [6.07, 6.45) is 5.15. The van der Waals surface area contributed by atoms with Crippen molar-refractivity contribution in [3.63, 3.8) is 0 Å². The van der Waals surface area contributed by atoms with Crippen LogP contribution in [-0.2, 0) is 14.3 Å². The molecule has 0 radical (unpaired) electrons. The molecule has 1 unspecified atom stereocenters. The quantitative estimate of drug-likeness (QED) is 0.456. The number of esters is 1. The minimum absolute atomic E-state index is 0.00754. The number of methoxy groups -OCH3 is 1. The van der Waals surface area contributed by atoms with Gasteiger partial charge in [-0.1, -0.05) is 20.3 Å². The third-order valence-electron chi connectivity index (χ3n) is 2.93. The maximum absolute atomic E-state index is 11.5. The van der Waals surface area contributed by atoms with Crippen molar-refractivity contribution in [3.8, 4) is 0 Å². The molecule has 0 fully saturated rings. The van der Waals surface area contributed by atoms with E-state index in [9.17, 15) is 9.59 Å². The van der Waals surface area contributed by atoms with Gasteiger partial charge in [0.25, 0.3) is 0 Å². The maximum atomic E-state index is 11.5. The van der Waals surface area contributed by atoms with Crippen LogP contribution in [0.1, 0.15) is 52.4 Å². The molecule has 0 spiro atoms. The zero-order valence-corrected chi connectivity index (χ0v) is 12.0. The largest absolute Gasteiger partial charge is 0.469 e. The molecule has 0 saturated carbocycles. The molecule has 4 nitrogen and oxygen atoms in total. The van der Waals surface area contributed by atoms with E-state index in [-0.39, 0.29) is 17.7 Å². The zero-order valence-electron chi connectivity index (χ0n) is 12.0. The van der Waals surface area contributed by atoms with Crippen molar-refractivity contribution >= 4 is 11.8 Å². The van der Waals surface area contributed by atoms with Crippen LogP contribution in [0.2, 0.25) is 0 Å². The molecule has 0 aliphatic heterocycles. The fraction of sp³-hybridized carbons (Fsp3) is 0.857. The van der Waals surface area contributed by atoms with Crippen molar-refractivity contribution in [2.45, 2.75) is 52.4 Å². The lowest BCUT2D eigenvalue weighted by Gasteiger charge is -2.13. The number of ether oxygens (including phenoxy) is 1. The van der Waals surface area contributed by atoms with Crippen LogP contribution >= 0.6 is 0 Å². The van der Waals surface area contributed by atoms with Crippen molar-refractivity contribution in [3.05, 3.63) is 0 Å². The summed E-state index contributed by atoms with van der Waals surface area (Å²) in [7, 11) is 1.44. The van der Waals surface area contributed by atoms with E-state index in [1.54, 1.807) is 0 Å². The molecule has 0 aromatic rings. The summed E-state index contributed by atoms with van der Waals surface area (Å²) in [6.45, 7) is 5.30. The van der Waals surface area contributed by atoms with E-state index in [0.29, 0.717) is 13.0 Å². The fourth-order valence-electron chi connectivity index (χ4n) is 1.96. The maximum Gasteiger partial charge on any atom is 0.308 e. The van der Waals surface area contributed by atoms with Crippen molar-refractivity contribution in [2.24, 2.45) is 5.92 Å². The highest BCUT2D eigenvalue weighted by molar-refractivity contribution is 5.80. The van der Waals surface area contributed by atoms with Crippen LogP contribution in [0.25, 0.3) is 0 Å². The molecule has 0 amide bonds. The van der Waals surface area contributed by atoms with E-state index >= 15 is 0 Å². The number of ketones is 1. The number of nitrogens with one attached hydrogen (secondary N) is 1. The molecule has 106 valence electrons. The highest BCUT2D eigenvalue weighted by Crippen LogP contribution is 2.14. The Kier molecular flexibility index (Phi) is 10.6. The van der Waals surface area contributed by atoms with Crippen LogP contribution in [0.5, 0.6) is 0 Å². The Morgan fingerprint density at radius 3 is 2.44 bits per heavy atom. The highest BCUT2D eigenvalue weighted by atomic mass is 16.5. The SMILES string of the molecule is CCCC(=O)CNCCCC(CCC)C(=O)OC. The van der Waals surface area contributed by atoms with Crippen LogP contribution in [-0.4, -0.2) is 32.0 Å². The molecule has 0 aromatic heterocycles. The van der Waals surface area contributed by atoms with Crippen LogP contribution < -0.4 is 5.32 Å². The molecular weight excluding hydrogens is 230 g/mol. The first-order valence-electron chi connectivity index (χ1n) is 6.95. The topological polar surface area (TPSA) is 55.4 Å². The molecule has 18 heavy (non-hydrogen) atoms. The van der Waals surface area contributed by atoms with Crippen molar-refractivity contribution in [1.29, 1.82) is 0 Å². The monoisotopic (exact) mass is 257 g/mol. The third kappa shape index (κ3) is 8.23. The first kappa shape index (κ1) is 17.1. The van der Waals surface area contributed by atoms with Gasteiger partial charge in [-0.15, -0.1) is 0 Å². The van der Waals surface area contributed by atoms with E-state index < -0.39 is 0 Å². The Labute approximate surface area is 110 Å². The second-order valence-electron chi connectivity index (χ2n) is 4.62. The van der Waals surface area contributed by atoms with Crippen LogP contribution in [0.3, 0.4) is 0 Å². The molecule has 1 atom stereocenters. The molecule has 0 saturated heterocycles. The molecule has 0 rings (SSSR count). The average molecular weight is 257 g/mol. The minimum atomic E-state index is -0.112. The van der Waals surface area contributed by atoms with Gasteiger partial charge >= 0.3 is 5.97 Å². The lowest BCUT2D eigenvalue weighted by Crippen LogP contribution is -2.25. The first-order chi connectivity index (χ1) is 8.65. The average Bonchev–Trinajstić information content (AvgIpc) is 2.36. The Bertz CT molecular complexity index is 241. The number of hydrogen-bond acceptors (Lipinski definition) is 4. The second-order valence-corrected chi connectivity index (χ2v) is 4.62. The Morgan fingerprint density at radius 1 is 1.17 bits per heavy atom. The van der Waals surface area contributed by atoms with Crippen LogP contribution in [0, 0.1) is 5.92 Å². The number of hydrogen-bond donors (Lipinski definition) is 1. The fourth-order valence-corrected chi connectivity index (χ4v) is 1.96. The van der Waals surface area contributed by atoms with E-state index in [4.69, 9.17) is 4.74 Å². The van der Waals surface area contributed by atoms with Gasteiger partial charge in [0.2, 0.25) is 0 Å². The van der Waals surface area contributed by atoms with Crippen LogP contribution in [0.15, 0.2) is 0 Å². The van der Waals surface area contributed by atoms with Gasteiger partial charge in [0.05, 0.1) is 19.6 Å². The lowest BCUT2D eigenvalue weighted by molar-refractivity contribution is -0.146. The molecule has 4 heteroatoms. The molecule has 0 aliphatic carbocycles. The van der Waals surface area contributed by atoms with Gasteiger partial charge in [-0.25, -0.2) is 0 Å². The summed E-state index contributed by atoms with van der Waals surface area (Å²) in [5.74, 6) is 0.155. The molecular formula is C14H27NO3. The van der Waals surface area contributed by atoms with Gasteiger partial charge in [0, 0.05) is 6.42 Å². The standard InChI is InChI=1S/C14H27NO3/c1-4-7-12(14(17)18-3)9-6-10-15-11-13(16)8-5-2/h12,15H,4-11H2,1-3H3. The summed E-state index contributed by atoms with van der Waals surface area (Å²) in [5.41, 5.74) is 0. The van der Waals surface area contributed by atoms with Crippen molar-refractivity contribution in [1.82, 2.24) is 5.32 Å². The smallest absolute Gasteiger partial charge is 0.308 e. The van der Waals surface area contributed by atoms with E-state index in [1.807, 2.05) is 6.92 Å². The summed E-state index contributed by atoms with van der Waals surface area (Å²) in [5, 5.41) is 3.12. The molecule has 0 bridgehead atoms. The Balaban J connectivity index is 3.67. The Hall–Kier alpha value is -0.900. The van der Waals surface area contributed by atoms with Gasteiger partial charge in [-0.05, 0) is 32.2 Å². The van der Waals surface area contributed by atoms with E-state index in [0.717, 1.165) is 38.6 Å².